The number of hydrogen-bond acceptors (Lipinski definition) is 6. The van der Waals surface area contributed by atoms with Crippen LogP contribution in [0.5, 0.6) is 17.4 Å². The van der Waals surface area contributed by atoms with Crippen LogP contribution in [0.4, 0.5) is 0 Å². The smallest absolute Gasteiger partial charge is 0.239 e. The van der Waals surface area contributed by atoms with Gasteiger partial charge in [0.05, 0.1) is 7.11 Å². The van der Waals surface area contributed by atoms with Crippen LogP contribution in [0.15, 0.2) is 48.5 Å². The second-order valence-electron chi connectivity index (χ2n) is 4.68. The minimum atomic E-state index is 0.419. The molecule has 0 amide bonds. The van der Waals surface area contributed by atoms with Crippen molar-refractivity contribution in [1.82, 2.24) is 25.3 Å². The van der Waals surface area contributed by atoms with Crippen LogP contribution in [0.1, 0.15) is 0 Å². The lowest BCUT2D eigenvalue weighted by atomic mass is 10.1. The molecule has 0 atom stereocenters. The van der Waals surface area contributed by atoms with Crippen molar-refractivity contribution in [2.75, 3.05) is 7.11 Å². The molecule has 0 aliphatic rings. The van der Waals surface area contributed by atoms with E-state index in [9.17, 15) is 0 Å². The van der Waals surface area contributed by atoms with Crippen LogP contribution >= 0.6 is 0 Å². The van der Waals surface area contributed by atoms with E-state index in [0.29, 0.717) is 17.3 Å². The van der Waals surface area contributed by atoms with E-state index in [-0.39, 0.29) is 0 Å². The maximum absolute atomic E-state index is 5.77. The molecule has 0 aliphatic carbocycles. The van der Waals surface area contributed by atoms with Crippen molar-refractivity contribution in [3.05, 3.63) is 48.5 Å². The third-order valence-corrected chi connectivity index (χ3v) is 3.29. The second kappa shape index (κ2) is 4.96. The van der Waals surface area contributed by atoms with Gasteiger partial charge >= 0.3 is 0 Å². The summed E-state index contributed by atoms with van der Waals surface area (Å²) in [6, 6.07) is 15.2. The highest BCUT2D eigenvalue weighted by Gasteiger charge is 2.04. The van der Waals surface area contributed by atoms with Crippen LogP contribution in [0, 0.1) is 0 Å². The monoisotopic (exact) mass is 293 g/mol. The standard InChI is InChI=1S/C15H11N5O2/c1-21-12-4-2-10-3-5-13(9-11(10)8-12)22-15-7-6-14-16-18-19-20(14)17-15/h2-9H,1H3. The molecule has 7 heteroatoms. The van der Waals surface area contributed by atoms with Gasteiger partial charge in [0.15, 0.2) is 5.65 Å². The van der Waals surface area contributed by atoms with Gasteiger partial charge in [0.2, 0.25) is 5.88 Å². The maximum atomic E-state index is 5.77. The fourth-order valence-corrected chi connectivity index (χ4v) is 2.20. The van der Waals surface area contributed by atoms with Crippen molar-refractivity contribution < 1.29 is 9.47 Å². The molecule has 2 aromatic carbocycles. The molecule has 2 heterocycles. The highest BCUT2D eigenvalue weighted by Crippen LogP contribution is 2.27. The van der Waals surface area contributed by atoms with Gasteiger partial charge in [0.25, 0.3) is 0 Å². The van der Waals surface area contributed by atoms with Crippen LogP contribution in [0.25, 0.3) is 16.4 Å². The fourth-order valence-electron chi connectivity index (χ4n) is 2.20. The van der Waals surface area contributed by atoms with Crippen molar-refractivity contribution >= 4 is 16.4 Å². The summed E-state index contributed by atoms with van der Waals surface area (Å²) in [4.78, 5) is 0. The average Bonchev–Trinajstić information content (AvgIpc) is 3.02. The molecular formula is C15H11N5O2. The molecule has 2 aromatic heterocycles. The number of methoxy groups -OCH3 is 1. The fraction of sp³-hybridized carbons (Fsp3) is 0.0667. The van der Waals surface area contributed by atoms with Gasteiger partial charge in [-0.05, 0) is 51.5 Å². The van der Waals surface area contributed by atoms with Gasteiger partial charge in [-0.25, -0.2) is 0 Å². The van der Waals surface area contributed by atoms with Crippen molar-refractivity contribution in [1.29, 1.82) is 0 Å². The number of aromatic nitrogens is 5. The van der Waals surface area contributed by atoms with E-state index in [1.54, 1.807) is 19.2 Å². The lowest BCUT2D eigenvalue weighted by Gasteiger charge is -2.07. The van der Waals surface area contributed by atoms with Crippen LogP contribution in [-0.4, -0.2) is 32.4 Å². The lowest BCUT2D eigenvalue weighted by molar-refractivity contribution is 0.415. The van der Waals surface area contributed by atoms with E-state index in [1.165, 1.54) is 4.63 Å². The first-order valence-corrected chi connectivity index (χ1v) is 6.63. The average molecular weight is 293 g/mol. The number of hydrogen-bond donors (Lipinski definition) is 0. The number of tetrazole rings is 1. The predicted molar refractivity (Wildman–Crippen MR) is 79.2 cm³/mol. The second-order valence-corrected chi connectivity index (χ2v) is 4.68. The zero-order valence-corrected chi connectivity index (χ0v) is 11.7. The van der Waals surface area contributed by atoms with Gasteiger partial charge in [0.1, 0.15) is 11.5 Å². The molecule has 0 N–H and O–H groups in total. The molecule has 0 aliphatic heterocycles. The van der Waals surface area contributed by atoms with E-state index < -0.39 is 0 Å². The predicted octanol–water partition coefficient (Wildman–Crippen LogP) is 2.47. The van der Waals surface area contributed by atoms with Crippen molar-refractivity contribution in [3.8, 4) is 17.4 Å². The molecule has 108 valence electrons. The van der Waals surface area contributed by atoms with Gasteiger partial charge in [-0.15, -0.1) is 14.8 Å². The van der Waals surface area contributed by atoms with Gasteiger partial charge < -0.3 is 9.47 Å². The quantitative estimate of drug-likeness (QED) is 0.577. The minimum Gasteiger partial charge on any atom is -0.497 e. The Labute approximate surface area is 125 Å². The summed E-state index contributed by atoms with van der Waals surface area (Å²) in [6.07, 6.45) is 0. The highest BCUT2D eigenvalue weighted by molar-refractivity contribution is 5.85. The summed E-state index contributed by atoms with van der Waals surface area (Å²) < 4.78 is 12.3. The minimum absolute atomic E-state index is 0.419. The van der Waals surface area contributed by atoms with Gasteiger partial charge in [0, 0.05) is 6.07 Å². The number of benzene rings is 2. The van der Waals surface area contributed by atoms with E-state index in [2.05, 4.69) is 20.6 Å². The number of rotatable bonds is 3. The highest BCUT2D eigenvalue weighted by atomic mass is 16.5. The molecule has 0 saturated heterocycles. The maximum Gasteiger partial charge on any atom is 0.239 e. The molecule has 0 radical (unpaired) electrons. The van der Waals surface area contributed by atoms with Crippen molar-refractivity contribution in [3.63, 3.8) is 0 Å². The molecule has 0 spiro atoms. The van der Waals surface area contributed by atoms with E-state index in [4.69, 9.17) is 9.47 Å². The molecule has 4 aromatic rings. The Morgan fingerprint density at radius 3 is 2.59 bits per heavy atom. The topological polar surface area (TPSA) is 74.4 Å². The van der Waals surface area contributed by atoms with E-state index in [1.807, 2.05) is 36.4 Å². The molecule has 0 bridgehead atoms. The summed E-state index contributed by atoms with van der Waals surface area (Å²) in [5.41, 5.74) is 0.565. The van der Waals surface area contributed by atoms with Crippen molar-refractivity contribution in [2.24, 2.45) is 0 Å². The zero-order chi connectivity index (χ0) is 14.9. The molecule has 22 heavy (non-hydrogen) atoms. The third-order valence-electron chi connectivity index (χ3n) is 3.29. The number of fused-ring (bicyclic) bond motifs is 2. The Kier molecular flexibility index (Phi) is 2.82. The Hall–Kier alpha value is -3.22. The van der Waals surface area contributed by atoms with E-state index in [0.717, 1.165) is 16.5 Å². The van der Waals surface area contributed by atoms with Gasteiger partial charge in [-0.1, -0.05) is 12.1 Å². The zero-order valence-electron chi connectivity index (χ0n) is 11.7. The number of nitrogens with zero attached hydrogens (tertiary/aromatic N) is 5. The molecule has 0 saturated carbocycles. The first-order valence-electron chi connectivity index (χ1n) is 6.63. The first-order chi connectivity index (χ1) is 10.8. The molecule has 0 unspecified atom stereocenters. The number of ether oxygens (including phenoxy) is 2. The molecular weight excluding hydrogens is 282 g/mol. The van der Waals surface area contributed by atoms with Crippen LogP contribution in [0.2, 0.25) is 0 Å². The normalized spacial score (nSPS) is 11.0. The van der Waals surface area contributed by atoms with Crippen LogP contribution < -0.4 is 9.47 Å². The summed E-state index contributed by atoms with van der Waals surface area (Å²) in [6.45, 7) is 0. The van der Waals surface area contributed by atoms with Crippen LogP contribution in [-0.2, 0) is 0 Å². The molecule has 7 nitrogen and oxygen atoms in total. The van der Waals surface area contributed by atoms with E-state index >= 15 is 0 Å². The summed E-state index contributed by atoms with van der Waals surface area (Å²) in [7, 11) is 1.65. The van der Waals surface area contributed by atoms with Crippen LogP contribution in [0.3, 0.4) is 0 Å². The molecule has 4 rings (SSSR count). The van der Waals surface area contributed by atoms with Gasteiger partial charge in [-0.3, -0.25) is 0 Å². The third kappa shape index (κ3) is 2.18. The Balaban J connectivity index is 1.70. The lowest BCUT2D eigenvalue weighted by Crippen LogP contribution is -1.97. The first kappa shape index (κ1) is 12.5. The Morgan fingerprint density at radius 1 is 0.909 bits per heavy atom. The summed E-state index contributed by atoms with van der Waals surface area (Å²) >= 11 is 0. The summed E-state index contributed by atoms with van der Waals surface area (Å²) in [5.74, 6) is 1.90. The van der Waals surface area contributed by atoms with Crippen molar-refractivity contribution in [2.45, 2.75) is 0 Å². The summed E-state index contributed by atoms with van der Waals surface area (Å²) in [5, 5.41) is 17.4. The SMILES string of the molecule is COc1ccc2ccc(Oc3ccc4nnnn4n3)cc2c1. The largest absolute Gasteiger partial charge is 0.497 e. The Bertz CT molecular complexity index is 966. The molecule has 0 fully saturated rings. The van der Waals surface area contributed by atoms with Gasteiger partial charge in [-0.2, -0.15) is 0 Å². The Morgan fingerprint density at radius 2 is 1.73 bits per heavy atom.